The Bertz CT molecular complexity index is 509. The summed E-state index contributed by atoms with van der Waals surface area (Å²) in [7, 11) is 0. The quantitative estimate of drug-likeness (QED) is 0.825. The van der Waals surface area contributed by atoms with Gasteiger partial charge in [0.15, 0.2) is 5.78 Å². The Balaban J connectivity index is 2.28. The van der Waals surface area contributed by atoms with E-state index in [-0.39, 0.29) is 17.0 Å². The molecule has 0 atom stereocenters. The van der Waals surface area contributed by atoms with E-state index < -0.39 is 18.4 Å². The molecule has 0 aromatic heterocycles. The molecular weight excluding hydrogens is 247 g/mol. The van der Waals surface area contributed by atoms with Crippen molar-refractivity contribution in [1.82, 2.24) is 5.32 Å². The first-order valence-electron chi connectivity index (χ1n) is 5.38. The average Bonchev–Trinajstić information content (AvgIpc) is 2.27. The van der Waals surface area contributed by atoms with Crippen LogP contribution in [-0.4, -0.2) is 24.4 Å². The minimum absolute atomic E-state index is 0.0804. The molecule has 1 amide bonds. The SMILES string of the molecule is O=C(CC(F)(F)F)c1ccc2c(c1)C(=O)NCC2. The number of nitrogens with one attached hydrogen (secondary N) is 1. The summed E-state index contributed by atoms with van der Waals surface area (Å²) in [5.41, 5.74) is 0.958. The van der Waals surface area contributed by atoms with Gasteiger partial charge in [-0.05, 0) is 18.1 Å². The van der Waals surface area contributed by atoms with Crippen molar-refractivity contribution < 1.29 is 22.8 Å². The average molecular weight is 257 g/mol. The van der Waals surface area contributed by atoms with Crippen LogP contribution < -0.4 is 5.32 Å². The number of rotatable bonds is 2. The van der Waals surface area contributed by atoms with Gasteiger partial charge in [0.25, 0.3) is 5.91 Å². The number of ketones is 1. The van der Waals surface area contributed by atoms with Crippen LogP contribution in [0.5, 0.6) is 0 Å². The highest BCUT2D eigenvalue weighted by Gasteiger charge is 2.32. The standard InChI is InChI=1S/C12H10F3NO2/c13-12(14,15)6-10(17)8-2-1-7-3-4-16-11(18)9(7)5-8/h1-2,5H,3-4,6H2,(H,16,18). The Labute approximate surface area is 101 Å². The van der Waals surface area contributed by atoms with Gasteiger partial charge in [-0.1, -0.05) is 12.1 Å². The number of hydrogen-bond donors (Lipinski definition) is 1. The molecule has 0 spiro atoms. The van der Waals surface area contributed by atoms with Gasteiger partial charge in [0.05, 0.1) is 0 Å². The maximum atomic E-state index is 12.1. The zero-order valence-corrected chi connectivity index (χ0v) is 9.30. The number of halogens is 3. The molecule has 96 valence electrons. The van der Waals surface area contributed by atoms with E-state index in [0.29, 0.717) is 13.0 Å². The second-order valence-corrected chi connectivity index (χ2v) is 4.09. The van der Waals surface area contributed by atoms with Gasteiger partial charge >= 0.3 is 6.18 Å². The van der Waals surface area contributed by atoms with Gasteiger partial charge in [0.1, 0.15) is 6.42 Å². The van der Waals surface area contributed by atoms with Crippen molar-refractivity contribution in [3.63, 3.8) is 0 Å². The minimum atomic E-state index is -4.53. The first kappa shape index (κ1) is 12.6. The van der Waals surface area contributed by atoms with E-state index in [4.69, 9.17) is 0 Å². The van der Waals surface area contributed by atoms with Gasteiger partial charge in [-0.15, -0.1) is 0 Å². The third-order valence-corrected chi connectivity index (χ3v) is 2.72. The van der Waals surface area contributed by atoms with Crippen LogP contribution >= 0.6 is 0 Å². The van der Waals surface area contributed by atoms with Crippen LogP contribution in [0.2, 0.25) is 0 Å². The lowest BCUT2D eigenvalue weighted by molar-refractivity contribution is -0.125. The molecule has 1 aliphatic heterocycles. The largest absolute Gasteiger partial charge is 0.396 e. The summed E-state index contributed by atoms with van der Waals surface area (Å²) in [5.74, 6) is -1.37. The van der Waals surface area contributed by atoms with Crippen molar-refractivity contribution in [3.05, 3.63) is 34.9 Å². The lowest BCUT2D eigenvalue weighted by Gasteiger charge is -2.17. The summed E-state index contributed by atoms with van der Waals surface area (Å²) < 4.78 is 36.3. The number of carbonyl (C=O) groups excluding carboxylic acids is 2. The molecule has 18 heavy (non-hydrogen) atoms. The topological polar surface area (TPSA) is 46.2 Å². The number of benzene rings is 1. The van der Waals surface area contributed by atoms with E-state index in [1.54, 1.807) is 0 Å². The van der Waals surface area contributed by atoms with E-state index in [2.05, 4.69) is 5.32 Å². The Hall–Kier alpha value is -1.85. The molecule has 1 heterocycles. The molecule has 1 aromatic carbocycles. The van der Waals surface area contributed by atoms with Crippen LogP contribution in [0, 0.1) is 0 Å². The number of alkyl halides is 3. The van der Waals surface area contributed by atoms with Crippen LogP contribution in [-0.2, 0) is 6.42 Å². The fraction of sp³-hybridized carbons (Fsp3) is 0.333. The highest BCUT2D eigenvalue weighted by atomic mass is 19.4. The molecule has 0 aliphatic carbocycles. The van der Waals surface area contributed by atoms with Crippen LogP contribution in [0.3, 0.4) is 0 Å². The molecule has 1 aromatic rings. The number of carbonyl (C=O) groups is 2. The van der Waals surface area contributed by atoms with Crippen molar-refractivity contribution in [1.29, 1.82) is 0 Å². The van der Waals surface area contributed by atoms with Crippen LogP contribution in [0.25, 0.3) is 0 Å². The third kappa shape index (κ3) is 2.69. The van der Waals surface area contributed by atoms with E-state index >= 15 is 0 Å². The van der Waals surface area contributed by atoms with Gasteiger partial charge < -0.3 is 5.32 Å². The summed E-state index contributed by atoms with van der Waals surface area (Å²) in [6.07, 6.45) is -5.42. The van der Waals surface area contributed by atoms with Crippen molar-refractivity contribution in [2.45, 2.75) is 19.0 Å². The Morgan fingerprint density at radius 3 is 2.72 bits per heavy atom. The molecule has 0 radical (unpaired) electrons. The van der Waals surface area contributed by atoms with Crippen molar-refractivity contribution in [2.75, 3.05) is 6.54 Å². The zero-order chi connectivity index (χ0) is 13.3. The second kappa shape index (κ2) is 4.44. The lowest BCUT2D eigenvalue weighted by atomic mass is 9.96. The van der Waals surface area contributed by atoms with Crippen LogP contribution in [0.4, 0.5) is 13.2 Å². The maximum Gasteiger partial charge on any atom is 0.396 e. The number of fused-ring (bicyclic) bond motifs is 1. The van der Waals surface area contributed by atoms with Gasteiger partial charge in [0, 0.05) is 17.7 Å². The molecule has 1 N–H and O–H groups in total. The highest BCUT2D eigenvalue weighted by molar-refractivity contribution is 6.02. The molecule has 0 saturated carbocycles. The predicted octanol–water partition coefficient (Wildman–Crippen LogP) is 2.11. The minimum Gasteiger partial charge on any atom is -0.352 e. The summed E-state index contributed by atoms with van der Waals surface area (Å²) in [6, 6.07) is 4.11. The van der Waals surface area contributed by atoms with Gasteiger partial charge in [0.2, 0.25) is 0 Å². The normalized spacial score (nSPS) is 14.9. The number of hydrogen-bond acceptors (Lipinski definition) is 2. The first-order chi connectivity index (χ1) is 8.37. The molecule has 0 fully saturated rings. The van der Waals surface area contributed by atoms with Crippen molar-refractivity contribution in [2.24, 2.45) is 0 Å². The zero-order valence-electron chi connectivity index (χ0n) is 9.30. The molecule has 0 saturated heterocycles. The van der Waals surface area contributed by atoms with Gasteiger partial charge in [-0.2, -0.15) is 13.2 Å². The van der Waals surface area contributed by atoms with E-state index in [9.17, 15) is 22.8 Å². The van der Waals surface area contributed by atoms with E-state index in [1.807, 2.05) is 0 Å². The van der Waals surface area contributed by atoms with Crippen molar-refractivity contribution >= 4 is 11.7 Å². The summed E-state index contributed by atoms with van der Waals surface area (Å²) >= 11 is 0. The fourth-order valence-corrected chi connectivity index (χ4v) is 1.87. The molecule has 0 bridgehead atoms. The van der Waals surface area contributed by atoms with Crippen LogP contribution in [0.1, 0.15) is 32.7 Å². The highest BCUT2D eigenvalue weighted by Crippen LogP contribution is 2.23. The maximum absolute atomic E-state index is 12.1. The van der Waals surface area contributed by atoms with E-state index in [1.165, 1.54) is 18.2 Å². The fourth-order valence-electron chi connectivity index (χ4n) is 1.87. The summed E-state index contributed by atoms with van der Waals surface area (Å²) in [6.45, 7) is 0.502. The lowest BCUT2D eigenvalue weighted by Crippen LogP contribution is -2.32. The second-order valence-electron chi connectivity index (χ2n) is 4.09. The molecule has 2 rings (SSSR count). The smallest absolute Gasteiger partial charge is 0.352 e. The summed E-state index contributed by atoms with van der Waals surface area (Å²) in [5, 5.41) is 2.58. The van der Waals surface area contributed by atoms with E-state index in [0.717, 1.165) is 5.56 Å². The molecule has 3 nitrogen and oxygen atoms in total. The molecule has 0 unspecified atom stereocenters. The van der Waals surface area contributed by atoms with Gasteiger partial charge in [-0.3, -0.25) is 9.59 Å². The molecular formula is C12H10F3NO2. The monoisotopic (exact) mass is 257 g/mol. The Morgan fingerprint density at radius 2 is 2.06 bits per heavy atom. The van der Waals surface area contributed by atoms with Gasteiger partial charge in [-0.25, -0.2) is 0 Å². The molecule has 1 aliphatic rings. The Kier molecular flexibility index (Phi) is 3.11. The predicted molar refractivity (Wildman–Crippen MR) is 57.5 cm³/mol. The number of Topliss-reactive ketones (excluding diaryl/α,β-unsaturated/α-hetero) is 1. The van der Waals surface area contributed by atoms with Crippen molar-refractivity contribution in [3.8, 4) is 0 Å². The third-order valence-electron chi connectivity index (χ3n) is 2.72. The Morgan fingerprint density at radius 1 is 1.33 bits per heavy atom. The number of amides is 1. The first-order valence-corrected chi connectivity index (χ1v) is 5.38. The summed E-state index contributed by atoms with van der Waals surface area (Å²) in [4.78, 5) is 22.9. The molecule has 6 heteroatoms. The van der Waals surface area contributed by atoms with Crippen LogP contribution in [0.15, 0.2) is 18.2 Å².